The molecule has 5 heteroatoms. The number of nitrogens with one attached hydrogen (secondary N) is 1. The van der Waals surface area contributed by atoms with Crippen molar-refractivity contribution < 1.29 is 9.59 Å². The van der Waals surface area contributed by atoms with E-state index in [9.17, 15) is 14.4 Å². The van der Waals surface area contributed by atoms with Crippen LogP contribution in [0.25, 0.3) is 11.1 Å². The van der Waals surface area contributed by atoms with Crippen LogP contribution in [0.5, 0.6) is 0 Å². The van der Waals surface area contributed by atoms with Crippen LogP contribution < -0.4 is 10.9 Å². The lowest BCUT2D eigenvalue weighted by atomic mass is 9.94. The summed E-state index contributed by atoms with van der Waals surface area (Å²) in [5.41, 5.74) is 3.94. The van der Waals surface area contributed by atoms with Crippen LogP contribution in [0.15, 0.2) is 77.7 Å². The van der Waals surface area contributed by atoms with Crippen LogP contribution in [0.2, 0.25) is 0 Å². The summed E-state index contributed by atoms with van der Waals surface area (Å²) in [6.45, 7) is 7.63. The first-order valence-corrected chi connectivity index (χ1v) is 11.4. The molecule has 0 unspecified atom stereocenters. The minimum Gasteiger partial charge on any atom is -0.347 e. The average molecular weight is 445 g/mol. The van der Waals surface area contributed by atoms with Crippen molar-refractivity contribution in [3.05, 3.63) is 94.4 Å². The summed E-state index contributed by atoms with van der Waals surface area (Å²) in [6.07, 6.45) is 2.35. The molecule has 1 N–H and O–H groups in total. The standard InChI is InChI=1S/C28H32N2O3/c1-19(2)16-26(30-15-8-7-14-27(30)32)28(33)29-25(17-21(4)31)23-12-9-11-22(18-23)24-13-6-5-10-20(24)3/h5-15,18-19,25-26H,16-17H2,1-4H3,(H,29,33)/t25-,26+/m0/s1. The third-order valence-electron chi connectivity index (χ3n) is 5.74. The van der Waals surface area contributed by atoms with E-state index in [1.54, 1.807) is 18.3 Å². The fraction of sp³-hybridized carbons (Fsp3) is 0.321. The fourth-order valence-corrected chi connectivity index (χ4v) is 4.12. The van der Waals surface area contributed by atoms with Gasteiger partial charge in [-0.2, -0.15) is 0 Å². The SMILES string of the molecule is CC(=O)C[C@H](NC(=O)[C@@H](CC(C)C)n1ccccc1=O)c1cccc(-c2ccccc2C)c1. The summed E-state index contributed by atoms with van der Waals surface area (Å²) < 4.78 is 1.48. The number of hydrogen-bond donors (Lipinski definition) is 1. The summed E-state index contributed by atoms with van der Waals surface area (Å²) >= 11 is 0. The van der Waals surface area contributed by atoms with E-state index in [4.69, 9.17) is 0 Å². The first-order valence-electron chi connectivity index (χ1n) is 11.4. The highest BCUT2D eigenvalue weighted by Gasteiger charge is 2.26. The van der Waals surface area contributed by atoms with E-state index in [1.807, 2.05) is 50.2 Å². The van der Waals surface area contributed by atoms with Gasteiger partial charge in [-0.1, -0.05) is 62.4 Å². The molecule has 0 aliphatic rings. The van der Waals surface area contributed by atoms with Crippen molar-refractivity contribution in [2.45, 2.75) is 52.6 Å². The van der Waals surface area contributed by atoms with Crippen molar-refractivity contribution in [3.8, 4) is 11.1 Å². The second-order valence-electron chi connectivity index (χ2n) is 9.00. The maximum absolute atomic E-state index is 13.4. The van der Waals surface area contributed by atoms with Crippen LogP contribution >= 0.6 is 0 Å². The predicted molar refractivity (Wildman–Crippen MR) is 132 cm³/mol. The quantitative estimate of drug-likeness (QED) is 0.490. The third kappa shape index (κ3) is 6.28. The molecule has 0 bridgehead atoms. The van der Waals surface area contributed by atoms with Gasteiger partial charge in [0.2, 0.25) is 5.91 Å². The molecule has 2 atom stereocenters. The Kier molecular flexibility index (Phi) is 7.99. The number of Topliss-reactive ketones (excluding diaryl/α,β-unsaturated/α-hetero) is 1. The number of carbonyl (C=O) groups excluding carboxylic acids is 2. The van der Waals surface area contributed by atoms with Gasteiger partial charge in [-0.15, -0.1) is 0 Å². The third-order valence-corrected chi connectivity index (χ3v) is 5.74. The van der Waals surface area contributed by atoms with Crippen LogP contribution in [0, 0.1) is 12.8 Å². The normalized spacial score (nSPS) is 12.9. The van der Waals surface area contributed by atoms with Gasteiger partial charge < -0.3 is 9.88 Å². The lowest BCUT2D eigenvalue weighted by Crippen LogP contribution is -2.39. The van der Waals surface area contributed by atoms with E-state index in [1.165, 1.54) is 17.6 Å². The average Bonchev–Trinajstić information content (AvgIpc) is 2.77. The Morgan fingerprint density at radius 3 is 2.36 bits per heavy atom. The number of hydrogen-bond acceptors (Lipinski definition) is 3. The Morgan fingerprint density at radius 1 is 0.970 bits per heavy atom. The summed E-state index contributed by atoms with van der Waals surface area (Å²) in [7, 11) is 0. The van der Waals surface area contributed by atoms with Crippen LogP contribution in [0.1, 0.15) is 56.8 Å². The van der Waals surface area contributed by atoms with Crippen LogP contribution in [0.3, 0.4) is 0 Å². The van der Waals surface area contributed by atoms with Crippen molar-refractivity contribution in [1.29, 1.82) is 0 Å². The van der Waals surface area contributed by atoms with Crippen molar-refractivity contribution in [2.75, 3.05) is 0 Å². The van der Waals surface area contributed by atoms with E-state index >= 15 is 0 Å². The molecule has 0 fully saturated rings. The van der Waals surface area contributed by atoms with Gasteiger partial charge in [0.1, 0.15) is 11.8 Å². The summed E-state index contributed by atoms with van der Waals surface area (Å²) in [5, 5.41) is 3.07. The Morgan fingerprint density at radius 2 is 1.70 bits per heavy atom. The van der Waals surface area contributed by atoms with Gasteiger partial charge in [0, 0.05) is 18.7 Å². The summed E-state index contributed by atoms with van der Waals surface area (Å²) in [4.78, 5) is 37.9. The predicted octanol–water partition coefficient (Wildman–Crippen LogP) is 5.25. The van der Waals surface area contributed by atoms with Gasteiger partial charge >= 0.3 is 0 Å². The molecule has 0 spiro atoms. The first kappa shape index (κ1) is 24.2. The maximum Gasteiger partial charge on any atom is 0.251 e. The first-order chi connectivity index (χ1) is 15.8. The number of benzene rings is 2. The molecule has 0 aliphatic heterocycles. The zero-order valence-electron chi connectivity index (χ0n) is 19.7. The zero-order valence-corrected chi connectivity index (χ0v) is 19.7. The fourth-order valence-electron chi connectivity index (χ4n) is 4.12. The molecular weight excluding hydrogens is 412 g/mol. The van der Waals surface area contributed by atoms with Gasteiger partial charge in [0.25, 0.3) is 5.56 Å². The molecule has 1 amide bonds. The molecule has 2 aromatic carbocycles. The van der Waals surface area contributed by atoms with Gasteiger partial charge in [-0.3, -0.25) is 14.4 Å². The van der Waals surface area contributed by atoms with Crippen molar-refractivity contribution in [3.63, 3.8) is 0 Å². The van der Waals surface area contributed by atoms with Gasteiger partial charge in [0.05, 0.1) is 6.04 Å². The monoisotopic (exact) mass is 444 g/mol. The van der Waals surface area contributed by atoms with Crippen LogP contribution in [-0.4, -0.2) is 16.3 Å². The van der Waals surface area contributed by atoms with Crippen molar-refractivity contribution >= 4 is 11.7 Å². The zero-order chi connectivity index (χ0) is 24.0. The number of amides is 1. The molecule has 0 radical (unpaired) electrons. The molecular formula is C28H32N2O3. The van der Waals surface area contributed by atoms with Crippen molar-refractivity contribution in [1.82, 2.24) is 9.88 Å². The molecule has 1 aromatic heterocycles. The molecule has 1 heterocycles. The van der Waals surface area contributed by atoms with Crippen LogP contribution in [0.4, 0.5) is 0 Å². The molecule has 3 rings (SSSR count). The summed E-state index contributed by atoms with van der Waals surface area (Å²) in [6, 6.07) is 19.8. The topological polar surface area (TPSA) is 68.2 Å². The molecule has 33 heavy (non-hydrogen) atoms. The maximum atomic E-state index is 13.4. The highest BCUT2D eigenvalue weighted by Crippen LogP contribution is 2.28. The van der Waals surface area contributed by atoms with E-state index in [2.05, 4.69) is 24.4 Å². The Hall–Kier alpha value is -3.47. The number of nitrogens with zero attached hydrogens (tertiary/aromatic N) is 1. The molecule has 172 valence electrons. The van der Waals surface area contributed by atoms with E-state index < -0.39 is 12.1 Å². The lowest BCUT2D eigenvalue weighted by molar-refractivity contribution is -0.126. The number of aryl methyl sites for hydroxylation is 1. The lowest BCUT2D eigenvalue weighted by Gasteiger charge is -2.25. The Bertz CT molecular complexity index is 1180. The molecule has 3 aromatic rings. The largest absolute Gasteiger partial charge is 0.347 e. The second-order valence-corrected chi connectivity index (χ2v) is 9.00. The highest BCUT2D eigenvalue weighted by atomic mass is 16.2. The van der Waals surface area contributed by atoms with Gasteiger partial charge in [-0.25, -0.2) is 0 Å². The highest BCUT2D eigenvalue weighted by molar-refractivity contribution is 5.83. The van der Waals surface area contributed by atoms with Gasteiger partial charge in [0.15, 0.2) is 0 Å². The number of rotatable bonds is 9. The molecule has 0 saturated heterocycles. The molecule has 5 nitrogen and oxygen atoms in total. The Labute approximate surface area is 195 Å². The molecule has 0 saturated carbocycles. The van der Waals surface area contributed by atoms with Crippen molar-refractivity contribution in [2.24, 2.45) is 5.92 Å². The number of carbonyl (C=O) groups is 2. The van der Waals surface area contributed by atoms with E-state index in [0.29, 0.717) is 6.42 Å². The smallest absolute Gasteiger partial charge is 0.251 e. The number of ketones is 1. The van der Waals surface area contributed by atoms with E-state index in [-0.39, 0.29) is 29.6 Å². The van der Waals surface area contributed by atoms with Gasteiger partial charge in [-0.05, 0) is 60.6 Å². The molecule has 0 aliphatic carbocycles. The van der Waals surface area contributed by atoms with Crippen LogP contribution in [-0.2, 0) is 9.59 Å². The van der Waals surface area contributed by atoms with E-state index in [0.717, 1.165) is 22.3 Å². The number of aromatic nitrogens is 1. The second kappa shape index (κ2) is 10.9. The Balaban J connectivity index is 1.95. The number of pyridine rings is 1. The minimum atomic E-state index is -0.646. The minimum absolute atomic E-state index is 0.0149. The summed E-state index contributed by atoms with van der Waals surface area (Å²) in [5.74, 6) is -0.0630.